The number of amides is 1. The van der Waals surface area contributed by atoms with Gasteiger partial charge < -0.3 is 9.80 Å². The zero-order valence-electron chi connectivity index (χ0n) is 20.7. The van der Waals surface area contributed by atoms with E-state index < -0.39 is 0 Å². The summed E-state index contributed by atoms with van der Waals surface area (Å²) in [6.07, 6.45) is 1.97. The fourth-order valence-electron chi connectivity index (χ4n) is 4.99. The Kier molecular flexibility index (Phi) is 8.18. The van der Waals surface area contributed by atoms with E-state index in [1.807, 2.05) is 61.2 Å². The molecule has 5 nitrogen and oxygen atoms in total. The lowest BCUT2D eigenvalue weighted by molar-refractivity contribution is 0.0773. The minimum atomic E-state index is 0.0496. The number of hydrogen-bond acceptors (Lipinski definition) is 4. The van der Waals surface area contributed by atoms with Crippen LogP contribution >= 0.6 is 0 Å². The molecule has 0 radical (unpaired) electrons. The van der Waals surface area contributed by atoms with E-state index >= 15 is 0 Å². The minimum absolute atomic E-state index is 0.0496. The molecule has 35 heavy (non-hydrogen) atoms. The summed E-state index contributed by atoms with van der Waals surface area (Å²) in [7, 11) is 0. The lowest BCUT2D eigenvalue weighted by Crippen LogP contribution is -2.43. The van der Waals surface area contributed by atoms with Gasteiger partial charge in [-0.15, -0.1) is 0 Å². The molecule has 0 spiro atoms. The number of benzene rings is 3. The van der Waals surface area contributed by atoms with Crippen molar-refractivity contribution in [2.45, 2.75) is 39.3 Å². The van der Waals surface area contributed by atoms with E-state index in [4.69, 9.17) is 0 Å². The van der Waals surface area contributed by atoms with Crippen LogP contribution in [-0.4, -0.2) is 47.9 Å². The van der Waals surface area contributed by atoms with Crippen molar-refractivity contribution in [3.8, 4) is 6.07 Å². The van der Waals surface area contributed by atoms with Gasteiger partial charge in [-0.3, -0.25) is 9.69 Å². The molecule has 1 heterocycles. The van der Waals surface area contributed by atoms with E-state index in [-0.39, 0.29) is 11.9 Å². The monoisotopic (exact) mass is 466 g/mol. The molecule has 0 aromatic heterocycles. The lowest BCUT2D eigenvalue weighted by Gasteiger charge is -2.40. The number of rotatable bonds is 8. The summed E-state index contributed by atoms with van der Waals surface area (Å²) in [5.41, 5.74) is 4.55. The van der Waals surface area contributed by atoms with Crippen LogP contribution in [-0.2, 0) is 6.54 Å². The van der Waals surface area contributed by atoms with Gasteiger partial charge in [0.15, 0.2) is 0 Å². The van der Waals surface area contributed by atoms with Crippen molar-refractivity contribution < 1.29 is 4.79 Å². The van der Waals surface area contributed by atoms with Gasteiger partial charge in [0.25, 0.3) is 5.91 Å². The van der Waals surface area contributed by atoms with Crippen LogP contribution in [0.3, 0.4) is 0 Å². The molecule has 0 aliphatic carbocycles. The van der Waals surface area contributed by atoms with Gasteiger partial charge in [-0.25, -0.2) is 0 Å². The second-order valence-electron chi connectivity index (χ2n) is 9.02. The minimum Gasteiger partial charge on any atom is -0.339 e. The van der Waals surface area contributed by atoms with Crippen molar-refractivity contribution in [2.75, 3.05) is 31.1 Å². The number of carbonyl (C=O) groups excluding carboxylic acids is 1. The Morgan fingerprint density at radius 2 is 1.63 bits per heavy atom. The van der Waals surface area contributed by atoms with Crippen LogP contribution < -0.4 is 4.90 Å². The van der Waals surface area contributed by atoms with E-state index in [1.54, 1.807) is 0 Å². The van der Waals surface area contributed by atoms with Gasteiger partial charge >= 0.3 is 0 Å². The Labute approximate surface area is 209 Å². The van der Waals surface area contributed by atoms with Gasteiger partial charge in [0, 0.05) is 44.5 Å². The third-order valence-electron chi connectivity index (χ3n) is 6.87. The molecule has 0 bridgehead atoms. The van der Waals surface area contributed by atoms with Gasteiger partial charge in [0.2, 0.25) is 0 Å². The van der Waals surface area contributed by atoms with Gasteiger partial charge in [0.1, 0.15) is 0 Å². The van der Waals surface area contributed by atoms with Crippen molar-refractivity contribution in [3.63, 3.8) is 0 Å². The Hall–Kier alpha value is -3.62. The molecule has 1 saturated heterocycles. The summed E-state index contributed by atoms with van der Waals surface area (Å²) in [6.45, 7) is 8.30. The maximum absolute atomic E-state index is 13.5. The molecule has 1 aliphatic rings. The zero-order valence-corrected chi connectivity index (χ0v) is 20.7. The smallest absolute Gasteiger partial charge is 0.255 e. The summed E-state index contributed by atoms with van der Waals surface area (Å²) in [4.78, 5) is 20.1. The van der Waals surface area contributed by atoms with Crippen LogP contribution in [0.5, 0.6) is 0 Å². The molecule has 1 amide bonds. The van der Waals surface area contributed by atoms with Gasteiger partial charge in [0.05, 0.1) is 22.9 Å². The van der Waals surface area contributed by atoms with E-state index in [1.165, 1.54) is 5.56 Å². The number of nitrogens with zero attached hydrogens (tertiary/aromatic N) is 4. The summed E-state index contributed by atoms with van der Waals surface area (Å²) in [5, 5.41) is 9.54. The SMILES string of the molecule is CCN(CC)C(=O)c1ccccc1N(c1cccc(C#N)c1)C1CCN(Cc2ccccc2)CC1. The molecule has 5 heteroatoms. The van der Waals surface area contributed by atoms with Crippen LogP contribution in [0.4, 0.5) is 11.4 Å². The number of hydrogen-bond donors (Lipinski definition) is 0. The number of carbonyl (C=O) groups is 1. The highest BCUT2D eigenvalue weighted by molar-refractivity contribution is 6.00. The lowest BCUT2D eigenvalue weighted by atomic mass is 9.98. The molecule has 3 aromatic carbocycles. The Morgan fingerprint density at radius 3 is 2.31 bits per heavy atom. The van der Waals surface area contributed by atoms with Gasteiger partial charge in [-0.1, -0.05) is 48.5 Å². The molecule has 0 unspecified atom stereocenters. The summed E-state index contributed by atoms with van der Waals surface area (Å²) in [6, 6.07) is 28.8. The maximum atomic E-state index is 13.5. The average molecular weight is 467 g/mol. The van der Waals surface area contributed by atoms with Crippen molar-refractivity contribution in [3.05, 3.63) is 95.6 Å². The van der Waals surface area contributed by atoms with Crippen LogP contribution in [0, 0.1) is 11.3 Å². The first-order valence-corrected chi connectivity index (χ1v) is 12.6. The molecule has 0 N–H and O–H groups in total. The topological polar surface area (TPSA) is 50.6 Å². The molecule has 0 saturated carbocycles. The first-order chi connectivity index (χ1) is 17.1. The van der Waals surface area contributed by atoms with Crippen LogP contribution in [0.25, 0.3) is 0 Å². The predicted molar refractivity (Wildman–Crippen MR) is 142 cm³/mol. The predicted octanol–water partition coefficient (Wildman–Crippen LogP) is 5.84. The highest BCUT2D eigenvalue weighted by Gasteiger charge is 2.29. The van der Waals surface area contributed by atoms with Crippen LogP contribution in [0.1, 0.15) is 48.2 Å². The van der Waals surface area contributed by atoms with E-state index in [2.05, 4.69) is 52.3 Å². The normalized spacial score (nSPS) is 14.3. The number of piperidine rings is 1. The van der Waals surface area contributed by atoms with Crippen molar-refractivity contribution in [2.24, 2.45) is 0 Å². The van der Waals surface area contributed by atoms with E-state index in [9.17, 15) is 10.1 Å². The fraction of sp³-hybridized carbons (Fsp3) is 0.333. The summed E-state index contributed by atoms with van der Waals surface area (Å²) in [5.74, 6) is 0.0496. The average Bonchev–Trinajstić information content (AvgIpc) is 2.91. The van der Waals surface area contributed by atoms with Crippen LogP contribution in [0.2, 0.25) is 0 Å². The molecule has 1 fully saturated rings. The molecule has 180 valence electrons. The molecule has 1 aliphatic heterocycles. The highest BCUT2D eigenvalue weighted by atomic mass is 16.2. The molecule has 0 atom stereocenters. The van der Waals surface area contributed by atoms with Gasteiger partial charge in [-0.05, 0) is 62.6 Å². The Bertz CT molecular complexity index is 1160. The van der Waals surface area contributed by atoms with E-state index in [0.717, 1.165) is 43.9 Å². The number of para-hydroxylation sites is 1. The summed E-state index contributed by atoms with van der Waals surface area (Å²) < 4.78 is 0. The molecular formula is C30H34N4O. The van der Waals surface area contributed by atoms with Crippen molar-refractivity contribution in [1.82, 2.24) is 9.80 Å². The zero-order chi connectivity index (χ0) is 24.6. The third-order valence-corrected chi connectivity index (χ3v) is 6.87. The molecular weight excluding hydrogens is 432 g/mol. The first-order valence-electron chi connectivity index (χ1n) is 12.6. The number of nitriles is 1. The largest absolute Gasteiger partial charge is 0.339 e. The second kappa shape index (κ2) is 11.7. The Balaban J connectivity index is 1.65. The van der Waals surface area contributed by atoms with Gasteiger partial charge in [-0.2, -0.15) is 5.26 Å². The quantitative estimate of drug-likeness (QED) is 0.418. The maximum Gasteiger partial charge on any atom is 0.255 e. The van der Waals surface area contributed by atoms with Crippen molar-refractivity contribution in [1.29, 1.82) is 5.26 Å². The Morgan fingerprint density at radius 1 is 0.943 bits per heavy atom. The molecule has 4 rings (SSSR count). The highest BCUT2D eigenvalue weighted by Crippen LogP contribution is 2.35. The number of likely N-dealkylation sites (tertiary alicyclic amines) is 1. The summed E-state index contributed by atoms with van der Waals surface area (Å²) >= 11 is 0. The number of anilines is 2. The van der Waals surface area contributed by atoms with Crippen LogP contribution in [0.15, 0.2) is 78.9 Å². The standard InChI is InChI=1S/C30H34N4O/c1-3-33(4-2)30(35)28-15-8-9-16-29(28)34(27-14-10-13-25(21-27)22-31)26-17-19-32(20-18-26)23-24-11-6-5-7-12-24/h5-16,21,26H,3-4,17-20,23H2,1-2H3. The molecule has 3 aromatic rings. The van der Waals surface area contributed by atoms with Crippen molar-refractivity contribution >= 4 is 17.3 Å². The second-order valence-corrected chi connectivity index (χ2v) is 9.02. The fourth-order valence-corrected chi connectivity index (χ4v) is 4.99. The third kappa shape index (κ3) is 5.72. The van der Waals surface area contributed by atoms with E-state index in [0.29, 0.717) is 24.2 Å². The first kappa shape index (κ1) is 24.5.